The molecule has 3 aromatic rings. The molecule has 2 heterocycles. The van der Waals surface area contributed by atoms with E-state index >= 15 is 0 Å². The molecular formula is C15H14ClFN4. The molecule has 21 heavy (non-hydrogen) atoms. The quantitative estimate of drug-likeness (QED) is 0.780. The highest BCUT2D eigenvalue weighted by atomic mass is 35.5. The highest BCUT2D eigenvalue weighted by molar-refractivity contribution is 6.31. The molecule has 0 unspecified atom stereocenters. The second-order valence-electron chi connectivity index (χ2n) is 5.08. The molecule has 0 spiro atoms. The molecule has 0 aliphatic carbocycles. The zero-order valence-electron chi connectivity index (χ0n) is 11.6. The van der Waals surface area contributed by atoms with E-state index in [1.165, 1.54) is 12.1 Å². The number of benzene rings is 1. The average Bonchev–Trinajstić information content (AvgIpc) is 2.88. The van der Waals surface area contributed by atoms with E-state index in [1.807, 2.05) is 6.07 Å². The van der Waals surface area contributed by atoms with Gasteiger partial charge in [-0.3, -0.25) is 0 Å². The van der Waals surface area contributed by atoms with Crippen molar-refractivity contribution in [2.45, 2.75) is 19.8 Å². The van der Waals surface area contributed by atoms with E-state index in [2.05, 4.69) is 29.2 Å². The van der Waals surface area contributed by atoms with Gasteiger partial charge in [-0.25, -0.2) is 13.9 Å². The van der Waals surface area contributed by atoms with Crippen LogP contribution in [0.2, 0.25) is 5.02 Å². The number of rotatable bonds is 3. The zero-order valence-corrected chi connectivity index (χ0v) is 12.4. The molecule has 0 aliphatic heterocycles. The van der Waals surface area contributed by atoms with Crippen LogP contribution in [0.25, 0.3) is 5.52 Å². The van der Waals surface area contributed by atoms with Crippen LogP contribution in [0.3, 0.4) is 0 Å². The van der Waals surface area contributed by atoms with Gasteiger partial charge in [0, 0.05) is 18.1 Å². The summed E-state index contributed by atoms with van der Waals surface area (Å²) in [6.07, 6.45) is 3.46. The Balaban J connectivity index is 2.01. The minimum absolute atomic E-state index is 0.0725. The van der Waals surface area contributed by atoms with Gasteiger partial charge in [-0.15, -0.1) is 0 Å². The zero-order chi connectivity index (χ0) is 15.0. The van der Waals surface area contributed by atoms with Crippen LogP contribution in [0.1, 0.15) is 25.5 Å². The Morgan fingerprint density at radius 2 is 2.10 bits per heavy atom. The van der Waals surface area contributed by atoms with Crippen LogP contribution in [0.5, 0.6) is 0 Å². The summed E-state index contributed by atoms with van der Waals surface area (Å²) in [5.74, 6) is 0.539. The normalized spacial score (nSPS) is 11.3. The fourth-order valence-corrected chi connectivity index (χ4v) is 2.21. The van der Waals surface area contributed by atoms with Crippen molar-refractivity contribution < 1.29 is 4.39 Å². The first-order chi connectivity index (χ1) is 10.0. The van der Waals surface area contributed by atoms with Crippen molar-refractivity contribution in [1.82, 2.24) is 14.6 Å². The van der Waals surface area contributed by atoms with Crippen LogP contribution < -0.4 is 5.32 Å². The third kappa shape index (κ3) is 2.69. The first-order valence-corrected chi connectivity index (χ1v) is 6.99. The maximum Gasteiger partial charge on any atom is 0.156 e. The van der Waals surface area contributed by atoms with Gasteiger partial charge in [0.25, 0.3) is 0 Å². The molecule has 1 N–H and O–H groups in total. The lowest BCUT2D eigenvalue weighted by Crippen LogP contribution is -1.98. The largest absolute Gasteiger partial charge is 0.338 e. The molecule has 3 rings (SSSR count). The maximum absolute atomic E-state index is 13.2. The molecule has 0 amide bonds. The first kappa shape index (κ1) is 13.8. The summed E-state index contributed by atoms with van der Waals surface area (Å²) >= 11 is 5.79. The lowest BCUT2D eigenvalue weighted by Gasteiger charge is -2.07. The summed E-state index contributed by atoms with van der Waals surface area (Å²) in [5, 5.41) is 7.71. The summed E-state index contributed by atoms with van der Waals surface area (Å²) in [7, 11) is 0. The van der Waals surface area contributed by atoms with Gasteiger partial charge in [-0.05, 0) is 30.2 Å². The predicted octanol–water partition coefficient (Wildman–Crippen LogP) is 4.39. The molecule has 1 aromatic carbocycles. The predicted molar refractivity (Wildman–Crippen MR) is 81.8 cm³/mol. The van der Waals surface area contributed by atoms with E-state index < -0.39 is 5.82 Å². The summed E-state index contributed by atoms with van der Waals surface area (Å²) in [4.78, 5) is 4.32. The molecule has 0 atom stereocenters. The van der Waals surface area contributed by atoms with Gasteiger partial charge in [-0.2, -0.15) is 5.10 Å². The van der Waals surface area contributed by atoms with E-state index in [0.717, 1.165) is 11.2 Å². The van der Waals surface area contributed by atoms with Gasteiger partial charge in [0.2, 0.25) is 0 Å². The highest BCUT2D eigenvalue weighted by Gasteiger charge is 2.10. The molecule has 4 nitrogen and oxygen atoms in total. The topological polar surface area (TPSA) is 42.2 Å². The van der Waals surface area contributed by atoms with Crippen molar-refractivity contribution in [3.8, 4) is 0 Å². The molecule has 0 aliphatic rings. The summed E-state index contributed by atoms with van der Waals surface area (Å²) in [6, 6.07) is 6.46. The molecule has 2 aromatic heterocycles. The number of anilines is 2. The molecule has 6 heteroatoms. The van der Waals surface area contributed by atoms with Gasteiger partial charge in [0.05, 0.1) is 10.7 Å². The maximum atomic E-state index is 13.2. The first-order valence-electron chi connectivity index (χ1n) is 6.61. The van der Waals surface area contributed by atoms with Crippen molar-refractivity contribution in [2.24, 2.45) is 0 Å². The van der Waals surface area contributed by atoms with E-state index in [-0.39, 0.29) is 5.02 Å². The number of fused-ring (bicyclic) bond motifs is 1. The molecule has 0 fully saturated rings. The van der Waals surface area contributed by atoms with E-state index in [9.17, 15) is 4.39 Å². The van der Waals surface area contributed by atoms with Gasteiger partial charge >= 0.3 is 0 Å². The van der Waals surface area contributed by atoms with Crippen LogP contribution in [-0.2, 0) is 0 Å². The van der Waals surface area contributed by atoms with Crippen molar-refractivity contribution in [2.75, 3.05) is 5.32 Å². The summed E-state index contributed by atoms with van der Waals surface area (Å²) < 4.78 is 15.0. The van der Waals surface area contributed by atoms with Gasteiger partial charge in [0.1, 0.15) is 11.3 Å². The Labute approximate surface area is 126 Å². The molecule has 0 bridgehead atoms. The lowest BCUT2D eigenvalue weighted by molar-refractivity contribution is 0.628. The monoisotopic (exact) mass is 304 g/mol. The van der Waals surface area contributed by atoms with Crippen LogP contribution in [0.15, 0.2) is 36.7 Å². The third-order valence-corrected chi connectivity index (χ3v) is 3.47. The second kappa shape index (κ2) is 5.33. The van der Waals surface area contributed by atoms with Crippen LogP contribution in [-0.4, -0.2) is 14.6 Å². The second-order valence-corrected chi connectivity index (χ2v) is 5.49. The standard InChI is InChI=1S/C15H14ClFN4/c1-9(2)13-8-14-15(18-5-6-21(14)20-13)19-10-3-4-12(17)11(16)7-10/h3-9H,1-2H3,(H,18,19). The van der Waals surface area contributed by atoms with E-state index in [0.29, 0.717) is 17.4 Å². The lowest BCUT2D eigenvalue weighted by atomic mass is 10.1. The minimum atomic E-state index is -0.445. The van der Waals surface area contributed by atoms with Crippen molar-refractivity contribution in [3.63, 3.8) is 0 Å². The fraction of sp³-hybridized carbons (Fsp3) is 0.200. The van der Waals surface area contributed by atoms with Crippen molar-refractivity contribution >= 4 is 28.6 Å². The summed E-state index contributed by atoms with van der Waals surface area (Å²) in [5.41, 5.74) is 2.53. The average molecular weight is 305 g/mol. The van der Waals surface area contributed by atoms with E-state index in [1.54, 1.807) is 23.0 Å². The van der Waals surface area contributed by atoms with Crippen molar-refractivity contribution in [3.05, 3.63) is 53.2 Å². The number of nitrogens with zero attached hydrogens (tertiary/aromatic N) is 3. The van der Waals surface area contributed by atoms with E-state index in [4.69, 9.17) is 11.6 Å². The molecular weight excluding hydrogens is 291 g/mol. The minimum Gasteiger partial charge on any atom is -0.338 e. The smallest absolute Gasteiger partial charge is 0.156 e. The van der Waals surface area contributed by atoms with Crippen LogP contribution in [0, 0.1) is 5.82 Å². The van der Waals surface area contributed by atoms with Gasteiger partial charge in [-0.1, -0.05) is 25.4 Å². The molecule has 0 radical (unpaired) electrons. The Morgan fingerprint density at radius 1 is 1.29 bits per heavy atom. The van der Waals surface area contributed by atoms with Gasteiger partial charge < -0.3 is 5.32 Å². The highest BCUT2D eigenvalue weighted by Crippen LogP contribution is 2.25. The number of halogens is 2. The number of aromatic nitrogens is 3. The van der Waals surface area contributed by atoms with Crippen LogP contribution in [0.4, 0.5) is 15.9 Å². The molecule has 0 saturated carbocycles. The Morgan fingerprint density at radius 3 is 2.81 bits per heavy atom. The Hall–Kier alpha value is -2.14. The van der Waals surface area contributed by atoms with Crippen molar-refractivity contribution in [1.29, 1.82) is 0 Å². The number of hydrogen-bond donors (Lipinski definition) is 1. The Bertz CT molecular complexity index is 797. The number of nitrogens with one attached hydrogen (secondary N) is 1. The number of hydrogen-bond acceptors (Lipinski definition) is 3. The molecule has 108 valence electrons. The van der Waals surface area contributed by atoms with Crippen LogP contribution >= 0.6 is 11.6 Å². The molecule has 0 saturated heterocycles. The summed E-state index contributed by atoms with van der Waals surface area (Å²) in [6.45, 7) is 4.17. The van der Waals surface area contributed by atoms with Gasteiger partial charge in [0.15, 0.2) is 5.82 Å². The SMILES string of the molecule is CC(C)c1cc2c(Nc3ccc(F)c(Cl)c3)nccn2n1. The third-order valence-electron chi connectivity index (χ3n) is 3.18. The fourth-order valence-electron chi connectivity index (χ4n) is 2.03. The Kier molecular flexibility index (Phi) is 3.51.